The molecule has 5 nitrogen and oxygen atoms in total. The van der Waals surface area contributed by atoms with E-state index >= 15 is 0 Å². The first-order valence-corrected chi connectivity index (χ1v) is 4.88. The predicted molar refractivity (Wildman–Crippen MR) is 56.9 cm³/mol. The first kappa shape index (κ1) is 13.1. The average Bonchev–Trinajstić information content (AvgIpc) is 2.19. The highest BCUT2D eigenvalue weighted by molar-refractivity contribution is 5.72. The van der Waals surface area contributed by atoms with Gasteiger partial charge in [0.15, 0.2) is 0 Å². The Kier molecular flexibility index (Phi) is 4.59. The van der Waals surface area contributed by atoms with E-state index in [0.29, 0.717) is 0 Å². The summed E-state index contributed by atoms with van der Waals surface area (Å²) in [5.74, 6) is -2.78. The molecule has 0 saturated carbocycles. The minimum Gasteiger partial charge on any atom is -0.480 e. The van der Waals surface area contributed by atoms with Gasteiger partial charge in [-0.15, -0.1) is 0 Å². The summed E-state index contributed by atoms with van der Waals surface area (Å²) in [7, 11) is 0. The van der Waals surface area contributed by atoms with Crippen LogP contribution in [-0.4, -0.2) is 40.1 Å². The molecule has 0 bridgehead atoms. The van der Waals surface area contributed by atoms with E-state index in [1.54, 1.807) is 6.07 Å². The maximum atomic E-state index is 13.3. The fourth-order valence-electron chi connectivity index (χ4n) is 1.42. The van der Waals surface area contributed by atoms with E-state index in [0.717, 1.165) is 4.90 Å². The van der Waals surface area contributed by atoms with Crippen LogP contribution in [0.4, 0.5) is 4.39 Å². The number of benzene rings is 1. The number of aliphatic carboxylic acids is 2. The molecule has 0 fully saturated rings. The predicted octanol–water partition coefficient (Wildman–Crippen LogP) is 0.797. The Labute approximate surface area is 97.1 Å². The van der Waals surface area contributed by atoms with Crippen LogP contribution in [0.5, 0.6) is 0 Å². The second-order valence-corrected chi connectivity index (χ2v) is 3.52. The number of carboxylic acids is 2. The standard InChI is InChI=1S/C11H12FNO4/c12-9-4-2-1-3-8(9)5-13(6-10(14)15)7-11(16)17/h1-4H,5-7H2,(H,14,15)(H,16,17). The molecule has 17 heavy (non-hydrogen) atoms. The van der Waals surface area contributed by atoms with Gasteiger partial charge in [-0.05, 0) is 6.07 Å². The summed E-state index contributed by atoms with van der Waals surface area (Å²) in [6.45, 7) is -0.938. The highest BCUT2D eigenvalue weighted by atomic mass is 19.1. The van der Waals surface area contributed by atoms with Crippen molar-refractivity contribution in [3.63, 3.8) is 0 Å². The molecule has 0 spiro atoms. The second-order valence-electron chi connectivity index (χ2n) is 3.52. The lowest BCUT2D eigenvalue weighted by atomic mass is 10.2. The summed E-state index contributed by atoms with van der Waals surface area (Å²) in [4.78, 5) is 22.2. The normalized spacial score (nSPS) is 10.5. The summed E-state index contributed by atoms with van der Waals surface area (Å²) < 4.78 is 13.3. The monoisotopic (exact) mass is 241 g/mol. The number of nitrogens with zero attached hydrogens (tertiary/aromatic N) is 1. The smallest absolute Gasteiger partial charge is 0.317 e. The van der Waals surface area contributed by atoms with E-state index in [-0.39, 0.29) is 12.1 Å². The molecular formula is C11H12FNO4. The Morgan fingerprint density at radius 3 is 2.12 bits per heavy atom. The van der Waals surface area contributed by atoms with E-state index in [2.05, 4.69) is 0 Å². The summed E-state index contributed by atoms with van der Waals surface area (Å²) in [6.07, 6.45) is 0. The molecule has 0 aliphatic rings. The third-order valence-electron chi connectivity index (χ3n) is 2.07. The maximum absolute atomic E-state index is 13.3. The van der Waals surface area contributed by atoms with Gasteiger partial charge in [-0.2, -0.15) is 0 Å². The average molecular weight is 241 g/mol. The highest BCUT2D eigenvalue weighted by Crippen LogP contribution is 2.09. The van der Waals surface area contributed by atoms with Gasteiger partial charge in [-0.3, -0.25) is 14.5 Å². The van der Waals surface area contributed by atoms with Crippen molar-refractivity contribution < 1.29 is 24.2 Å². The van der Waals surface area contributed by atoms with Crippen LogP contribution in [0.3, 0.4) is 0 Å². The Bertz CT molecular complexity index is 406. The molecule has 0 aliphatic carbocycles. The molecule has 1 rings (SSSR count). The zero-order valence-electron chi connectivity index (χ0n) is 8.97. The SMILES string of the molecule is O=C(O)CN(CC(=O)O)Cc1ccccc1F. The number of carbonyl (C=O) groups is 2. The Morgan fingerprint density at radius 2 is 1.65 bits per heavy atom. The van der Waals surface area contributed by atoms with E-state index < -0.39 is 30.8 Å². The molecule has 0 aliphatic heterocycles. The van der Waals surface area contributed by atoms with Crippen molar-refractivity contribution in [1.82, 2.24) is 4.90 Å². The van der Waals surface area contributed by atoms with Crippen molar-refractivity contribution in [2.24, 2.45) is 0 Å². The first-order valence-electron chi connectivity index (χ1n) is 4.88. The number of rotatable bonds is 6. The van der Waals surface area contributed by atoms with Crippen molar-refractivity contribution in [2.75, 3.05) is 13.1 Å². The van der Waals surface area contributed by atoms with Gasteiger partial charge in [-0.25, -0.2) is 4.39 Å². The molecule has 0 aromatic heterocycles. The quantitative estimate of drug-likeness (QED) is 0.770. The summed E-state index contributed by atoms with van der Waals surface area (Å²) in [6, 6.07) is 5.86. The molecule has 1 aromatic carbocycles. The summed E-state index contributed by atoms with van der Waals surface area (Å²) >= 11 is 0. The van der Waals surface area contributed by atoms with Crippen molar-refractivity contribution in [2.45, 2.75) is 6.54 Å². The fraction of sp³-hybridized carbons (Fsp3) is 0.273. The fourth-order valence-corrected chi connectivity index (χ4v) is 1.42. The zero-order valence-corrected chi connectivity index (χ0v) is 8.97. The van der Waals surface area contributed by atoms with Gasteiger partial charge in [-0.1, -0.05) is 18.2 Å². The molecule has 0 radical (unpaired) electrons. The minimum atomic E-state index is -1.15. The topological polar surface area (TPSA) is 77.8 Å². The van der Waals surface area contributed by atoms with Gasteiger partial charge in [0.25, 0.3) is 0 Å². The largest absolute Gasteiger partial charge is 0.480 e. The van der Waals surface area contributed by atoms with Gasteiger partial charge < -0.3 is 10.2 Å². The van der Waals surface area contributed by atoms with E-state index in [1.807, 2.05) is 0 Å². The van der Waals surface area contributed by atoms with Crippen molar-refractivity contribution in [1.29, 1.82) is 0 Å². The van der Waals surface area contributed by atoms with Gasteiger partial charge in [0.1, 0.15) is 5.82 Å². The Morgan fingerprint density at radius 1 is 1.12 bits per heavy atom. The number of hydrogen-bond acceptors (Lipinski definition) is 3. The van der Waals surface area contributed by atoms with E-state index in [4.69, 9.17) is 10.2 Å². The number of hydrogen-bond donors (Lipinski definition) is 2. The van der Waals surface area contributed by atoms with E-state index in [1.165, 1.54) is 18.2 Å². The lowest BCUT2D eigenvalue weighted by molar-refractivity contribution is -0.142. The third kappa shape index (κ3) is 4.60. The van der Waals surface area contributed by atoms with Crippen molar-refractivity contribution in [3.05, 3.63) is 35.6 Å². The molecule has 2 N–H and O–H groups in total. The van der Waals surface area contributed by atoms with Crippen LogP contribution in [0.1, 0.15) is 5.56 Å². The number of halogens is 1. The van der Waals surface area contributed by atoms with Crippen molar-refractivity contribution in [3.8, 4) is 0 Å². The molecule has 92 valence electrons. The summed E-state index contributed by atoms with van der Waals surface area (Å²) in [5, 5.41) is 17.2. The zero-order chi connectivity index (χ0) is 12.8. The van der Waals surface area contributed by atoms with Gasteiger partial charge in [0.05, 0.1) is 13.1 Å². The lowest BCUT2D eigenvalue weighted by Crippen LogP contribution is -2.34. The van der Waals surface area contributed by atoms with Crippen molar-refractivity contribution >= 4 is 11.9 Å². The van der Waals surface area contributed by atoms with Crippen LogP contribution in [0.15, 0.2) is 24.3 Å². The molecule has 0 saturated heterocycles. The first-order chi connectivity index (χ1) is 7.99. The summed E-state index contributed by atoms with van der Waals surface area (Å²) in [5.41, 5.74) is 0.273. The van der Waals surface area contributed by atoms with Crippen LogP contribution in [-0.2, 0) is 16.1 Å². The van der Waals surface area contributed by atoms with Crippen LogP contribution in [0.25, 0.3) is 0 Å². The van der Waals surface area contributed by atoms with Crippen LogP contribution >= 0.6 is 0 Å². The second kappa shape index (κ2) is 5.95. The lowest BCUT2D eigenvalue weighted by Gasteiger charge is -2.18. The molecule has 6 heteroatoms. The van der Waals surface area contributed by atoms with E-state index in [9.17, 15) is 14.0 Å². The molecular weight excluding hydrogens is 229 g/mol. The Hall–Kier alpha value is -1.95. The Balaban J connectivity index is 2.75. The maximum Gasteiger partial charge on any atom is 0.317 e. The van der Waals surface area contributed by atoms with Crippen LogP contribution < -0.4 is 0 Å². The molecule has 1 aromatic rings. The van der Waals surface area contributed by atoms with Crippen LogP contribution in [0, 0.1) is 5.82 Å². The van der Waals surface area contributed by atoms with Crippen LogP contribution in [0.2, 0.25) is 0 Å². The van der Waals surface area contributed by atoms with Gasteiger partial charge in [0.2, 0.25) is 0 Å². The molecule has 0 heterocycles. The molecule has 0 atom stereocenters. The van der Waals surface area contributed by atoms with Gasteiger partial charge >= 0.3 is 11.9 Å². The molecule has 0 unspecified atom stereocenters. The highest BCUT2D eigenvalue weighted by Gasteiger charge is 2.15. The third-order valence-corrected chi connectivity index (χ3v) is 2.07. The minimum absolute atomic E-state index is 0.0503. The molecule has 0 amide bonds. The number of carboxylic acid groups (broad SMARTS) is 2. The van der Waals surface area contributed by atoms with Gasteiger partial charge in [0, 0.05) is 12.1 Å².